The van der Waals surface area contributed by atoms with E-state index < -0.39 is 0 Å². The molecule has 6 heteroatoms. The average molecular weight is 457 g/mol. The zero-order valence-corrected chi connectivity index (χ0v) is 17.5. The van der Waals surface area contributed by atoms with Gasteiger partial charge in [0, 0.05) is 15.6 Å². The molecule has 1 N–H and O–H groups in total. The summed E-state index contributed by atoms with van der Waals surface area (Å²) in [7, 11) is 0. The first-order valence-corrected chi connectivity index (χ1v) is 10.6. The van der Waals surface area contributed by atoms with Gasteiger partial charge in [0.25, 0.3) is 0 Å². The molecule has 4 aromatic rings. The van der Waals surface area contributed by atoms with Crippen LogP contribution in [0.2, 0.25) is 0 Å². The fraction of sp³-hybridized carbons (Fsp3) is 0.0833. The number of hydrogen-bond acceptors (Lipinski definition) is 4. The normalized spacial score (nSPS) is 19.2. The van der Waals surface area contributed by atoms with Gasteiger partial charge in [-0.2, -0.15) is 10.1 Å². The fourth-order valence-corrected chi connectivity index (χ4v) is 4.55. The van der Waals surface area contributed by atoms with Crippen LogP contribution in [0.4, 0.5) is 5.95 Å². The van der Waals surface area contributed by atoms with Crippen LogP contribution >= 0.6 is 15.9 Å². The number of para-hydroxylation sites is 1. The van der Waals surface area contributed by atoms with Crippen LogP contribution in [0.25, 0.3) is 5.70 Å². The van der Waals surface area contributed by atoms with Crippen molar-refractivity contribution >= 4 is 27.6 Å². The molecule has 30 heavy (non-hydrogen) atoms. The molecule has 3 aromatic carbocycles. The molecule has 0 fully saturated rings. The van der Waals surface area contributed by atoms with Crippen LogP contribution in [0.3, 0.4) is 0 Å². The lowest BCUT2D eigenvalue weighted by molar-refractivity contribution is 0.223. The summed E-state index contributed by atoms with van der Waals surface area (Å²) in [5.41, 5.74) is 5.44. The number of halogens is 1. The van der Waals surface area contributed by atoms with Crippen LogP contribution < -0.4 is 10.1 Å². The van der Waals surface area contributed by atoms with Gasteiger partial charge in [-0.25, -0.2) is 4.68 Å². The van der Waals surface area contributed by atoms with Crippen molar-refractivity contribution in [3.8, 4) is 5.75 Å². The Balaban J connectivity index is 1.63. The third-order valence-electron chi connectivity index (χ3n) is 5.61. The molecule has 2 aliphatic heterocycles. The van der Waals surface area contributed by atoms with E-state index in [1.807, 2.05) is 41.1 Å². The second kappa shape index (κ2) is 6.85. The Kier molecular flexibility index (Phi) is 3.99. The maximum Gasteiger partial charge on any atom is 0.226 e. The third kappa shape index (κ3) is 2.68. The smallest absolute Gasteiger partial charge is 0.226 e. The summed E-state index contributed by atoms with van der Waals surface area (Å²) >= 11 is 3.55. The number of anilines is 1. The predicted molar refractivity (Wildman–Crippen MR) is 119 cm³/mol. The number of hydrogen-bond donors (Lipinski definition) is 1. The Bertz CT molecular complexity index is 1260. The highest BCUT2D eigenvalue weighted by Crippen LogP contribution is 2.50. The number of nitrogens with one attached hydrogen (secondary N) is 1. The highest BCUT2D eigenvalue weighted by atomic mass is 79.9. The molecule has 0 aliphatic carbocycles. The molecule has 1 aromatic heterocycles. The highest BCUT2D eigenvalue weighted by molar-refractivity contribution is 9.10. The summed E-state index contributed by atoms with van der Waals surface area (Å²) < 4.78 is 9.57. The first kappa shape index (κ1) is 17.5. The Morgan fingerprint density at radius 3 is 2.47 bits per heavy atom. The van der Waals surface area contributed by atoms with Crippen LogP contribution in [0.5, 0.6) is 5.75 Å². The molecule has 0 unspecified atom stereocenters. The van der Waals surface area contributed by atoms with Gasteiger partial charge in [0.05, 0.1) is 5.70 Å². The quantitative estimate of drug-likeness (QED) is 0.426. The van der Waals surface area contributed by atoms with Crippen molar-refractivity contribution < 1.29 is 4.74 Å². The molecular formula is C24H17BrN4O. The van der Waals surface area contributed by atoms with Gasteiger partial charge in [0.2, 0.25) is 5.95 Å². The molecule has 0 amide bonds. The van der Waals surface area contributed by atoms with E-state index in [4.69, 9.17) is 4.74 Å². The monoisotopic (exact) mass is 456 g/mol. The SMILES string of the molecule is Brc1ccc([C@H]2C3=C(Nc4ncnn42)c2ccccc2O[C@H]3c2ccccc2)cc1. The van der Waals surface area contributed by atoms with Crippen LogP contribution in [0.1, 0.15) is 28.8 Å². The maximum atomic E-state index is 6.59. The van der Waals surface area contributed by atoms with E-state index in [1.165, 1.54) is 0 Å². The number of rotatable bonds is 2. The number of fused-ring (bicyclic) bond motifs is 3. The molecule has 0 bridgehead atoms. The second-order valence-electron chi connectivity index (χ2n) is 7.34. The lowest BCUT2D eigenvalue weighted by Gasteiger charge is -2.39. The minimum absolute atomic E-state index is 0.134. The van der Waals surface area contributed by atoms with Crippen molar-refractivity contribution in [2.45, 2.75) is 12.1 Å². The zero-order valence-electron chi connectivity index (χ0n) is 15.9. The molecule has 6 rings (SSSR count). The molecule has 2 atom stereocenters. The van der Waals surface area contributed by atoms with E-state index in [0.29, 0.717) is 0 Å². The highest BCUT2D eigenvalue weighted by Gasteiger charge is 2.40. The predicted octanol–water partition coefficient (Wildman–Crippen LogP) is 5.60. The van der Waals surface area contributed by atoms with Crippen LogP contribution in [0.15, 0.2) is 95.2 Å². The summed E-state index contributed by atoms with van der Waals surface area (Å²) in [6.07, 6.45) is 1.35. The zero-order chi connectivity index (χ0) is 20.1. The third-order valence-corrected chi connectivity index (χ3v) is 6.14. The first-order valence-electron chi connectivity index (χ1n) is 9.76. The first-order chi connectivity index (χ1) is 14.8. The molecule has 0 spiro atoms. The van der Waals surface area contributed by atoms with E-state index in [1.54, 1.807) is 6.33 Å². The van der Waals surface area contributed by atoms with Crippen molar-refractivity contribution in [3.63, 3.8) is 0 Å². The molecule has 2 aliphatic rings. The van der Waals surface area contributed by atoms with Crippen molar-refractivity contribution in [1.29, 1.82) is 0 Å². The topological polar surface area (TPSA) is 52.0 Å². The summed E-state index contributed by atoms with van der Waals surface area (Å²) in [5.74, 6) is 1.59. The lowest BCUT2D eigenvalue weighted by atomic mass is 9.85. The molecule has 0 saturated heterocycles. The summed E-state index contributed by atoms with van der Waals surface area (Å²) in [6.45, 7) is 0. The van der Waals surface area contributed by atoms with Crippen molar-refractivity contribution in [1.82, 2.24) is 14.8 Å². The largest absolute Gasteiger partial charge is 0.480 e. The Morgan fingerprint density at radius 2 is 1.63 bits per heavy atom. The standard InChI is InChI=1S/C24H17BrN4O/c25-17-12-10-15(11-13-17)22-20-21(28-24-26-14-27-29(22)24)18-8-4-5-9-19(18)30-23(20)16-6-2-1-3-7-16/h1-14,22-23H,(H,26,27,28)/t22-,23-/m0/s1. The molecule has 0 saturated carbocycles. The van der Waals surface area contributed by atoms with Gasteiger partial charge in [-0.3, -0.25) is 0 Å². The number of nitrogens with zero attached hydrogens (tertiary/aromatic N) is 3. The van der Waals surface area contributed by atoms with E-state index in [-0.39, 0.29) is 12.1 Å². The number of ether oxygens (including phenoxy) is 1. The van der Waals surface area contributed by atoms with Crippen LogP contribution in [0, 0.1) is 0 Å². The lowest BCUT2D eigenvalue weighted by Crippen LogP contribution is -2.32. The van der Waals surface area contributed by atoms with Crippen molar-refractivity contribution in [3.05, 3.63) is 112 Å². The molecule has 5 nitrogen and oxygen atoms in total. The van der Waals surface area contributed by atoms with Crippen molar-refractivity contribution in [2.24, 2.45) is 0 Å². The molecule has 3 heterocycles. The van der Waals surface area contributed by atoms with Gasteiger partial charge in [-0.15, -0.1) is 0 Å². The number of benzene rings is 3. The Labute approximate surface area is 182 Å². The van der Waals surface area contributed by atoms with Crippen molar-refractivity contribution in [2.75, 3.05) is 5.32 Å². The second-order valence-corrected chi connectivity index (χ2v) is 8.26. The molecule has 0 radical (unpaired) electrons. The van der Waals surface area contributed by atoms with Gasteiger partial charge < -0.3 is 10.1 Å². The van der Waals surface area contributed by atoms with Gasteiger partial charge in [-0.05, 0) is 35.4 Å². The average Bonchev–Trinajstić information content (AvgIpc) is 3.27. The summed E-state index contributed by atoms with van der Waals surface area (Å²) in [6, 6.07) is 26.7. The van der Waals surface area contributed by atoms with E-state index in [0.717, 1.165) is 44.1 Å². The Morgan fingerprint density at radius 1 is 0.867 bits per heavy atom. The van der Waals surface area contributed by atoms with Gasteiger partial charge in [0.15, 0.2) is 0 Å². The molecular weight excluding hydrogens is 440 g/mol. The summed E-state index contributed by atoms with van der Waals surface area (Å²) in [5, 5.41) is 8.08. The van der Waals surface area contributed by atoms with E-state index in [9.17, 15) is 0 Å². The summed E-state index contributed by atoms with van der Waals surface area (Å²) in [4.78, 5) is 4.47. The minimum Gasteiger partial charge on any atom is -0.480 e. The molecule has 146 valence electrons. The van der Waals surface area contributed by atoms with E-state index in [2.05, 4.69) is 73.8 Å². The maximum absolute atomic E-state index is 6.59. The minimum atomic E-state index is -0.241. The fourth-order valence-electron chi connectivity index (χ4n) is 4.29. The van der Waals surface area contributed by atoms with Crippen LogP contribution in [-0.2, 0) is 0 Å². The van der Waals surface area contributed by atoms with Gasteiger partial charge in [0.1, 0.15) is 24.2 Å². The number of aromatic nitrogens is 3. The van der Waals surface area contributed by atoms with Gasteiger partial charge >= 0.3 is 0 Å². The Hall–Kier alpha value is -3.38. The van der Waals surface area contributed by atoms with Gasteiger partial charge in [-0.1, -0.05) is 70.5 Å². The van der Waals surface area contributed by atoms with Crippen LogP contribution in [-0.4, -0.2) is 14.8 Å². The van der Waals surface area contributed by atoms with E-state index >= 15 is 0 Å².